The van der Waals surface area contributed by atoms with Crippen LogP contribution in [-0.2, 0) is 0 Å². The van der Waals surface area contributed by atoms with E-state index in [0.717, 1.165) is 16.2 Å². The van der Waals surface area contributed by atoms with Crippen LogP contribution in [0, 0.1) is 0 Å². The molecule has 0 aromatic heterocycles. The first-order valence-corrected chi connectivity index (χ1v) is 8.16. The number of rotatable bonds is 3. The van der Waals surface area contributed by atoms with Gasteiger partial charge in [-0.25, -0.2) is 0 Å². The van der Waals surface area contributed by atoms with Gasteiger partial charge in [0, 0.05) is 16.2 Å². The Morgan fingerprint density at radius 1 is 1.14 bits per heavy atom. The molecule has 0 N–H and O–H groups in total. The van der Waals surface area contributed by atoms with Crippen LogP contribution in [0.5, 0.6) is 5.75 Å². The van der Waals surface area contributed by atoms with Gasteiger partial charge in [-0.05, 0) is 23.6 Å². The van der Waals surface area contributed by atoms with Crippen LogP contribution in [-0.4, -0.2) is 17.6 Å². The average Bonchev–Trinajstić information content (AvgIpc) is 2.54. The van der Waals surface area contributed by atoms with Crippen molar-refractivity contribution in [3.05, 3.63) is 59.7 Å². The first kappa shape index (κ1) is 14.2. The van der Waals surface area contributed by atoms with Crippen LogP contribution in [0.1, 0.15) is 35.7 Å². The lowest BCUT2D eigenvalue weighted by atomic mass is 9.99. The smallest absolute Gasteiger partial charge is 0.204 e. The van der Waals surface area contributed by atoms with E-state index in [1.54, 1.807) is 11.8 Å². The highest BCUT2D eigenvalue weighted by molar-refractivity contribution is 7.99. The Labute approximate surface area is 129 Å². The molecule has 0 spiro atoms. The molecular formula is C18H18O2S. The van der Waals surface area contributed by atoms with Crippen LogP contribution < -0.4 is 4.74 Å². The van der Waals surface area contributed by atoms with Gasteiger partial charge >= 0.3 is 0 Å². The monoisotopic (exact) mass is 298 g/mol. The van der Waals surface area contributed by atoms with Gasteiger partial charge in [-0.3, -0.25) is 4.79 Å². The van der Waals surface area contributed by atoms with Crippen LogP contribution in [0.25, 0.3) is 0 Å². The Hall–Kier alpha value is -1.74. The molecule has 0 bridgehead atoms. The van der Waals surface area contributed by atoms with Gasteiger partial charge in [-0.2, -0.15) is 0 Å². The molecule has 1 atom stereocenters. The lowest BCUT2D eigenvalue weighted by Gasteiger charge is -2.24. The summed E-state index contributed by atoms with van der Waals surface area (Å²) in [6.07, 6.45) is -0.394. The summed E-state index contributed by atoms with van der Waals surface area (Å²) in [6, 6.07) is 15.7. The molecule has 0 fully saturated rings. The van der Waals surface area contributed by atoms with Gasteiger partial charge in [-0.1, -0.05) is 50.2 Å². The second-order valence-corrected chi connectivity index (χ2v) is 6.57. The maximum atomic E-state index is 12.6. The maximum Gasteiger partial charge on any atom is 0.204 e. The van der Waals surface area contributed by atoms with E-state index in [-0.39, 0.29) is 5.78 Å². The van der Waals surface area contributed by atoms with E-state index in [9.17, 15) is 4.79 Å². The van der Waals surface area contributed by atoms with E-state index >= 15 is 0 Å². The highest BCUT2D eigenvalue weighted by atomic mass is 32.2. The zero-order valence-electron chi connectivity index (χ0n) is 12.2. The minimum absolute atomic E-state index is 0.0623. The lowest BCUT2D eigenvalue weighted by molar-refractivity contribution is 0.0815. The topological polar surface area (TPSA) is 26.3 Å². The summed E-state index contributed by atoms with van der Waals surface area (Å²) < 4.78 is 5.86. The number of ketones is 1. The molecule has 108 valence electrons. The molecule has 0 amide bonds. The van der Waals surface area contributed by atoms with Crippen molar-refractivity contribution in [2.45, 2.75) is 30.8 Å². The average molecular weight is 298 g/mol. The minimum Gasteiger partial charge on any atom is -0.480 e. The molecule has 0 aliphatic carbocycles. The number of fused-ring (bicyclic) bond motifs is 1. The van der Waals surface area contributed by atoms with E-state index < -0.39 is 6.10 Å². The first-order chi connectivity index (χ1) is 10.1. The fraction of sp³-hybridized carbons (Fsp3) is 0.278. The van der Waals surface area contributed by atoms with Crippen molar-refractivity contribution in [3.63, 3.8) is 0 Å². The Kier molecular flexibility index (Phi) is 4.02. The van der Waals surface area contributed by atoms with Gasteiger partial charge in [-0.15, -0.1) is 11.8 Å². The molecule has 2 aromatic rings. The van der Waals surface area contributed by atoms with Crippen LogP contribution in [0.4, 0.5) is 0 Å². The summed E-state index contributed by atoms with van der Waals surface area (Å²) >= 11 is 1.68. The molecule has 2 aromatic carbocycles. The third-order valence-corrected chi connectivity index (χ3v) is 4.78. The van der Waals surface area contributed by atoms with Crippen molar-refractivity contribution < 1.29 is 9.53 Å². The second-order valence-electron chi connectivity index (χ2n) is 5.51. The van der Waals surface area contributed by atoms with Gasteiger partial charge in [0.25, 0.3) is 0 Å². The molecule has 0 radical (unpaired) electrons. The molecule has 0 saturated carbocycles. The van der Waals surface area contributed by atoms with Crippen molar-refractivity contribution in [2.24, 2.45) is 0 Å². The molecule has 2 nitrogen and oxygen atoms in total. The number of Topliss-reactive ketones (excluding diaryl/α,β-unsaturated/α-hetero) is 1. The molecule has 1 aliphatic rings. The van der Waals surface area contributed by atoms with E-state index in [2.05, 4.69) is 13.8 Å². The van der Waals surface area contributed by atoms with Gasteiger partial charge < -0.3 is 4.74 Å². The SMILES string of the molecule is CC(C)c1ccc(C(=O)C2CSc3ccccc3O2)cc1. The predicted octanol–water partition coefficient (Wildman–Crippen LogP) is 4.55. The number of hydrogen-bond donors (Lipinski definition) is 0. The van der Waals surface area contributed by atoms with E-state index in [0.29, 0.717) is 11.7 Å². The highest BCUT2D eigenvalue weighted by Gasteiger charge is 2.27. The molecule has 3 heteroatoms. The van der Waals surface area contributed by atoms with Crippen molar-refractivity contribution in [1.82, 2.24) is 0 Å². The van der Waals surface area contributed by atoms with Crippen molar-refractivity contribution in [2.75, 3.05) is 5.75 Å². The molecular weight excluding hydrogens is 280 g/mol. The summed E-state index contributed by atoms with van der Waals surface area (Å²) in [5.41, 5.74) is 1.97. The zero-order valence-corrected chi connectivity index (χ0v) is 13.0. The van der Waals surface area contributed by atoms with Gasteiger partial charge in [0.05, 0.1) is 0 Å². The maximum absolute atomic E-state index is 12.6. The number of carbonyl (C=O) groups excluding carboxylic acids is 1. The fourth-order valence-corrected chi connectivity index (χ4v) is 3.35. The predicted molar refractivity (Wildman–Crippen MR) is 86.4 cm³/mol. The van der Waals surface area contributed by atoms with Crippen molar-refractivity contribution in [1.29, 1.82) is 0 Å². The van der Waals surface area contributed by atoms with Gasteiger partial charge in [0.2, 0.25) is 5.78 Å². The Bertz CT molecular complexity index is 647. The molecule has 1 aliphatic heterocycles. The molecule has 0 saturated heterocycles. The summed E-state index contributed by atoms with van der Waals surface area (Å²) in [6.45, 7) is 4.29. The Morgan fingerprint density at radius 3 is 2.57 bits per heavy atom. The van der Waals surface area contributed by atoms with Crippen LogP contribution in [0.2, 0.25) is 0 Å². The van der Waals surface area contributed by atoms with Crippen LogP contribution in [0.3, 0.4) is 0 Å². The third kappa shape index (κ3) is 2.98. The fourth-order valence-electron chi connectivity index (χ4n) is 2.37. The second kappa shape index (κ2) is 5.94. The van der Waals surface area contributed by atoms with E-state index in [1.165, 1.54) is 5.56 Å². The molecule has 1 unspecified atom stereocenters. The number of benzene rings is 2. The quantitative estimate of drug-likeness (QED) is 0.778. The summed E-state index contributed by atoms with van der Waals surface area (Å²) in [4.78, 5) is 13.7. The zero-order chi connectivity index (χ0) is 14.8. The van der Waals surface area contributed by atoms with Gasteiger partial charge in [0.15, 0.2) is 6.10 Å². The van der Waals surface area contributed by atoms with Crippen molar-refractivity contribution >= 4 is 17.5 Å². The number of ether oxygens (including phenoxy) is 1. The highest BCUT2D eigenvalue weighted by Crippen LogP contribution is 2.35. The largest absolute Gasteiger partial charge is 0.480 e. The minimum atomic E-state index is -0.394. The summed E-state index contributed by atoms with van der Waals surface area (Å²) in [5, 5.41) is 0. The van der Waals surface area contributed by atoms with Crippen LogP contribution in [0.15, 0.2) is 53.4 Å². The van der Waals surface area contributed by atoms with Gasteiger partial charge in [0.1, 0.15) is 5.75 Å². The summed E-state index contributed by atoms with van der Waals surface area (Å²) in [7, 11) is 0. The van der Waals surface area contributed by atoms with Crippen LogP contribution >= 0.6 is 11.8 Å². The third-order valence-electron chi connectivity index (χ3n) is 3.66. The molecule has 3 rings (SSSR count). The van der Waals surface area contributed by atoms with E-state index in [4.69, 9.17) is 4.74 Å². The molecule has 1 heterocycles. The van der Waals surface area contributed by atoms with Crippen molar-refractivity contribution in [3.8, 4) is 5.75 Å². The Balaban J connectivity index is 1.77. The standard InChI is InChI=1S/C18H18O2S/c1-12(2)13-7-9-14(10-8-13)18(19)16-11-21-17-6-4-3-5-15(17)20-16/h3-10,12,16H,11H2,1-2H3. The number of para-hydroxylation sites is 1. The normalized spacial score (nSPS) is 17.2. The number of hydrogen-bond acceptors (Lipinski definition) is 3. The Morgan fingerprint density at radius 2 is 1.86 bits per heavy atom. The first-order valence-electron chi connectivity index (χ1n) is 7.18. The lowest BCUT2D eigenvalue weighted by Crippen LogP contribution is -2.32. The molecule has 21 heavy (non-hydrogen) atoms. The van der Waals surface area contributed by atoms with E-state index in [1.807, 2.05) is 48.5 Å². The summed E-state index contributed by atoms with van der Waals surface area (Å²) in [5.74, 6) is 2.02. The number of carbonyl (C=O) groups is 1. The number of thioether (sulfide) groups is 1.